The number of thiazole rings is 1. The summed E-state index contributed by atoms with van der Waals surface area (Å²) in [4.78, 5) is 21.8. The number of morpholine rings is 1. The van der Waals surface area contributed by atoms with Crippen LogP contribution in [0.3, 0.4) is 0 Å². The molecule has 1 aliphatic heterocycles. The summed E-state index contributed by atoms with van der Waals surface area (Å²) < 4.78 is 6.57. The van der Waals surface area contributed by atoms with Gasteiger partial charge in [-0.2, -0.15) is 0 Å². The van der Waals surface area contributed by atoms with Crippen LogP contribution in [-0.2, 0) is 9.53 Å². The first-order valence-corrected chi connectivity index (χ1v) is 11.2. The van der Waals surface area contributed by atoms with E-state index < -0.39 is 0 Å². The van der Waals surface area contributed by atoms with E-state index in [1.165, 1.54) is 19.3 Å². The quantitative estimate of drug-likeness (QED) is 0.445. The van der Waals surface area contributed by atoms with Gasteiger partial charge in [-0.15, -0.1) is 11.3 Å². The molecule has 0 aliphatic carbocycles. The van der Waals surface area contributed by atoms with Gasteiger partial charge in [-0.1, -0.05) is 38.3 Å². The van der Waals surface area contributed by atoms with Gasteiger partial charge in [0.1, 0.15) is 5.01 Å². The van der Waals surface area contributed by atoms with Crippen molar-refractivity contribution < 1.29 is 9.53 Å². The van der Waals surface area contributed by atoms with E-state index in [-0.39, 0.29) is 5.91 Å². The molecule has 1 aliphatic rings. The Labute approximate surface area is 172 Å². The Morgan fingerprint density at radius 2 is 2.04 bits per heavy atom. The normalized spacial score (nSPS) is 15.5. The second-order valence-electron chi connectivity index (χ2n) is 7.19. The average Bonchev–Trinajstić information content (AvgIpc) is 3.15. The van der Waals surface area contributed by atoms with Crippen molar-refractivity contribution >= 4 is 33.5 Å². The number of nitrogens with zero attached hydrogens (tertiary/aromatic N) is 3. The first-order chi connectivity index (χ1) is 13.8. The fourth-order valence-corrected chi connectivity index (χ4v) is 4.23. The molecule has 0 N–H and O–H groups in total. The molecule has 0 radical (unpaired) electrons. The molecule has 28 heavy (non-hydrogen) atoms. The summed E-state index contributed by atoms with van der Waals surface area (Å²) >= 11 is 1.62. The molecular formula is C22H31N3O2S. The molecule has 6 heteroatoms. The number of rotatable bonds is 10. The summed E-state index contributed by atoms with van der Waals surface area (Å²) in [6.45, 7) is 8.23. The number of carbonyl (C=O) groups excluding carboxylic acids is 1. The van der Waals surface area contributed by atoms with E-state index in [0.29, 0.717) is 0 Å². The topological polar surface area (TPSA) is 45.7 Å². The Balaban J connectivity index is 1.58. The van der Waals surface area contributed by atoms with Gasteiger partial charge >= 0.3 is 0 Å². The third kappa shape index (κ3) is 6.40. The van der Waals surface area contributed by atoms with Gasteiger partial charge in [0.05, 0.1) is 23.4 Å². The average molecular weight is 402 g/mol. The minimum atomic E-state index is 0.0871. The number of hydrogen-bond donors (Lipinski definition) is 0. The third-order valence-corrected chi connectivity index (χ3v) is 6.06. The van der Waals surface area contributed by atoms with Crippen LogP contribution in [0.5, 0.6) is 0 Å². The van der Waals surface area contributed by atoms with E-state index in [4.69, 9.17) is 4.74 Å². The minimum Gasteiger partial charge on any atom is -0.379 e. The molecule has 2 aromatic rings. The van der Waals surface area contributed by atoms with Gasteiger partial charge in [-0.05, 0) is 24.6 Å². The van der Waals surface area contributed by atoms with E-state index in [1.807, 2.05) is 29.2 Å². The number of para-hydroxylation sites is 1. The molecule has 3 rings (SSSR count). The van der Waals surface area contributed by atoms with Gasteiger partial charge in [-0.25, -0.2) is 4.98 Å². The van der Waals surface area contributed by atoms with Crippen molar-refractivity contribution in [1.82, 2.24) is 14.8 Å². The maximum atomic E-state index is 12.8. The van der Waals surface area contributed by atoms with Crippen LogP contribution in [0.4, 0.5) is 0 Å². The second kappa shape index (κ2) is 11.3. The van der Waals surface area contributed by atoms with Crippen molar-refractivity contribution in [2.75, 3.05) is 45.9 Å². The second-order valence-corrected chi connectivity index (χ2v) is 8.26. The number of unbranched alkanes of at least 4 members (excludes halogenated alkanes) is 3. The van der Waals surface area contributed by atoms with E-state index in [2.05, 4.69) is 22.9 Å². The van der Waals surface area contributed by atoms with Crippen molar-refractivity contribution in [2.45, 2.75) is 32.6 Å². The maximum absolute atomic E-state index is 12.8. The monoisotopic (exact) mass is 401 g/mol. The van der Waals surface area contributed by atoms with E-state index >= 15 is 0 Å². The molecule has 1 fully saturated rings. The summed E-state index contributed by atoms with van der Waals surface area (Å²) in [5, 5.41) is 0.883. The summed E-state index contributed by atoms with van der Waals surface area (Å²) in [6.07, 6.45) is 8.24. The predicted octanol–water partition coefficient (Wildman–Crippen LogP) is 4.05. The summed E-state index contributed by atoms with van der Waals surface area (Å²) in [6, 6.07) is 8.08. The largest absolute Gasteiger partial charge is 0.379 e. The molecule has 1 amide bonds. The first kappa shape index (κ1) is 21.0. The Bertz CT molecular complexity index is 735. The fraction of sp³-hybridized carbons (Fsp3) is 0.545. The van der Waals surface area contributed by atoms with Gasteiger partial charge in [-0.3, -0.25) is 9.69 Å². The summed E-state index contributed by atoms with van der Waals surface area (Å²) in [7, 11) is 0. The van der Waals surface area contributed by atoms with Gasteiger partial charge < -0.3 is 9.64 Å². The molecular weight excluding hydrogens is 370 g/mol. The molecule has 1 aromatic carbocycles. The van der Waals surface area contributed by atoms with Gasteiger partial charge in [0.2, 0.25) is 5.91 Å². The van der Waals surface area contributed by atoms with Crippen LogP contribution < -0.4 is 0 Å². The number of ether oxygens (including phenoxy) is 1. The number of benzene rings is 1. The Morgan fingerprint density at radius 3 is 2.82 bits per heavy atom. The number of fused-ring (bicyclic) bond motifs is 1. The minimum absolute atomic E-state index is 0.0871. The lowest BCUT2D eigenvalue weighted by Gasteiger charge is -2.29. The number of amides is 1. The zero-order chi connectivity index (χ0) is 19.6. The zero-order valence-corrected chi connectivity index (χ0v) is 17.6. The molecule has 1 aromatic heterocycles. The molecule has 0 bridgehead atoms. The standard InChI is InChI=1S/C22H31N3O2S/c1-2-3-4-7-12-25(14-13-24-15-17-27-18-16-24)22(26)11-10-21-23-19-8-5-6-9-20(19)28-21/h5-6,8-11H,2-4,7,12-18H2,1H3/b11-10+. The molecule has 0 saturated carbocycles. The fourth-order valence-electron chi connectivity index (χ4n) is 3.36. The van der Waals surface area contributed by atoms with Crippen LogP contribution in [0.1, 0.15) is 37.6 Å². The highest BCUT2D eigenvalue weighted by atomic mass is 32.1. The highest BCUT2D eigenvalue weighted by Gasteiger charge is 2.15. The number of hydrogen-bond acceptors (Lipinski definition) is 5. The third-order valence-electron chi connectivity index (χ3n) is 5.06. The molecule has 0 unspecified atom stereocenters. The zero-order valence-electron chi connectivity index (χ0n) is 16.8. The SMILES string of the molecule is CCCCCCN(CCN1CCOCC1)C(=O)/C=C/c1nc2ccccc2s1. The molecule has 5 nitrogen and oxygen atoms in total. The van der Waals surface area contributed by atoms with Crippen molar-refractivity contribution in [3.8, 4) is 0 Å². The molecule has 152 valence electrons. The van der Waals surface area contributed by atoms with Crippen molar-refractivity contribution in [2.24, 2.45) is 0 Å². The molecule has 0 atom stereocenters. The Hall–Kier alpha value is -1.76. The highest BCUT2D eigenvalue weighted by molar-refractivity contribution is 7.19. The lowest BCUT2D eigenvalue weighted by molar-refractivity contribution is -0.126. The highest BCUT2D eigenvalue weighted by Crippen LogP contribution is 2.22. The Kier molecular flexibility index (Phi) is 8.45. The first-order valence-electron chi connectivity index (χ1n) is 10.4. The number of aromatic nitrogens is 1. The van der Waals surface area contributed by atoms with Crippen LogP contribution in [0, 0.1) is 0 Å². The van der Waals surface area contributed by atoms with Gasteiger partial charge in [0, 0.05) is 38.8 Å². The van der Waals surface area contributed by atoms with Crippen LogP contribution >= 0.6 is 11.3 Å². The molecule has 2 heterocycles. The smallest absolute Gasteiger partial charge is 0.246 e. The van der Waals surface area contributed by atoms with E-state index in [0.717, 1.165) is 67.6 Å². The predicted molar refractivity (Wildman–Crippen MR) is 117 cm³/mol. The lowest BCUT2D eigenvalue weighted by Crippen LogP contribution is -2.43. The van der Waals surface area contributed by atoms with Crippen molar-refractivity contribution in [1.29, 1.82) is 0 Å². The van der Waals surface area contributed by atoms with Crippen molar-refractivity contribution in [3.05, 3.63) is 35.3 Å². The molecule has 1 saturated heterocycles. The Morgan fingerprint density at radius 1 is 1.21 bits per heavy atom. The van der Waals surface area contributed by atoms with E-state index in [1.54, 1.807) is 17.4 Å². The van der Waals surface area contributed by atoms with Crippen LogP contribution in [0.2, 0.25) is 0 Å². The number of carbonyl (C=O) groups is 1. The summed E-state index contributed by atoms with van der Waals surface area (Å²) in [5.41, 5.74) is 0.989. The maximum Gasteiger partial charge on any atom is 0.246 e. The molecule has 0 spiro atoms. The van der Waals surface area contributed by atoms with Gasteiger partial charge in [0.25, 0.3) is 0 Å². The lowest BCUT2D eigenvalue weighted by atomic mass is 10.2. The van der Waals surface area contributed by atoms with Crippen molar-refractivity contribution in [3.63, 3.8) is 0 Å². The van der Waals surface area contributed by atoms with Crippen LogP contribution in [0.15, 0.2) is 30.3 Å². The van der Waals surface area contributed by atoms with E-state index in [9.17, 15) is 4.79 Å². The summed E-state index contributed by atoms with van der Waals surface area (Å²) in [5.74, 6) is 0.0871. The van der Waals surface area contributed by atoms with Crippen LogP contribution in [-0.4, -0.2) is 66.6 Å². The van der Waals surface area contributed by atoms with Crippen LogP contribution in [0.25, 0.3) is 16.3 Å². The van der Waals surface area contributed by atoms with Gasteiger partial charge in [0.15, 0.2) is 0 Å².